The zero-order chi connectivity index (χ0) is 19.3. The van der Waals surface area contributed by atoms with E-state index in [-0.39, 0.29) is 42.0 Å². The number of hydrogen-bond acceptors (Lipinski definition) is 4. The molecule has 3 aliphatic rings. The van der Waals surface area contributed by atoms with Crippen LogP contribution < -0.4 is 10.9 Å². The number of anilines is 1. The number of aromatic nitrogens is 1. The molecule has 2 N–H and O–H groups in total. The molecule has 3 heterocycles. The summed E-state index contributed by atoms with van der Waals surface area (Å²) in [6, 6.07) is 14.5. The first-order valence-corrected chi connectivity index (χ1v) is 10.1. The molecule has 2 aliphatic heterocycles. The van der Waals surface area contributed by atoms with E-state index >= 15 is 0 Å². The summed E-state index contributed by atoms with van der Waals surface area (Å²) in [5.41, 5.74) is 1.75. The van der Waals surface area contributed by atoms with Crippen LogP contribution in [-0.2, 0) is 11.3 Å². The summed E-state index contributed by atoms with van der Waals surface area (Å²) in [5, 5.41) is 13.3. The summed E-state index contributed by atoms with van der Waals surface area (Å²) in [6.45, 7) is 1.35. The molecule has 0 bridgehead atoms. The third kappa shape index (κ3) is 2.88. The average Bonchev–Trinajstić information content (AvgIpc) is 3.35. The van der Waals surface area contributed by atoms with Crippen molar-refractivity contribution in [2.45, 2.75) is 31.5 Å². The van der Waals surface area contributed by atoms with Crippen molar-refractivity contribution in [1.29, 1.82) is 0 Å². The zero-order valence-corrected chi connectivity index (χ0v) is 15.7. The standard InChI is InChI=1S/C22H25N3O3/c26-13-17-16-12-24-18(7-4-8-19(24)27)20(16)25(11-14-9-10-14)21(17)22(28)23-15-5-2-1-3-6-15/h1-8,14,16-17,20-21,26H,9-13H2,(H,23,28)/t16-,17-,20+,21-/m1/s1. The van der Waals surface area contributed by atoms with E-state index in [4.69, 9.17) is 0 Å². The Morgan fingerprint density at radius 1 is 1.11 bits per heavy atom. The van der Waals surface area contributed by atoms with Crippen LogP contribution in [0.25, 0.3) is 0 Å². The molecule has 1 aromatic carbocycles. The molecule has 1 saturated heterocycles. The average molecular weight is 379 g/mol. The van der Waals surface area contributed by atoms with Crippen molar-refractivity contribution in [3.05, 3.63) is 64.6 Å². The number of carbonyl (C=O) groups is 1. The van der Waals surface area contributed by atoms with E-state index in [9.17, 15) is 14.7 Å². The molecule has 0 spiro atoms. The van der Waals surface area contributed by atoms with Crippen LogP contribution in [0.1, 0.15) is 24.6 Å². The maximum Gasteiger partial charge on any atom is 0.250 e. The second kappa shape index (κ2) is 6.87. The van der Waals surface area contributed by atoms with E-state index in [1.54, 1.807) is 12.1 Å². The Kier molecular flexibility index (Phi) is 4.33. The molecule has 1 saturated carbocycles. The number of fused-ring (bicyclic) bond motifs is 3. The number of pyridine rings is 1. The van der Waals surface area contributed by atoms with E-state index in [1.165, 1.54) is 12.8 Å². The molecule has 6 nitrogen and oxygen atoms in total. The maximum absolute atomic E-state index is 13.3. The van der Waals surface area contributed by atoms with Crippen molar-refractivity contribution in [2.24, 2.45) is 17.8 Å². The number of hydrogen-bond donors (Lipinski definition) is 2. The monoisotopic (exact) mass is 379 g/mol. The molecule has 1 amide bonds. The molecule has 4 atom stereocenters. The fourth-order valence-corrected chi connectivity index (χ4v) is 5.10. The lowest BCUT2D eigenvalue weighted by molar-refractivity contribution is -0.122. The lowest BCUT2D eigenvalue weighted by Crippen LogP contribution is -2.46. The molecule has 0 radical (unpaired) electrons. The summed E-state index contributed by atoms with van der Waals surface area (Å²) < 4.78 is 1.82. The summed E-state index contributed by atoms with van der Waals surface area (Å²) in [7, 11) is 0. The number of amides is 1. The number of aliphatic hydroxyl groups excluding tert-OH is 1. The highest BCUT2D eigenvalue weighted by molar-refractivity contribution is 5.95. The molecular weight excluding hydrogens is 354 g/mol. The molecular formula is C22H25N3O3. The van der Waals surface area contributed by atoms with Gasteiger partial charge >= 0.3 is 0 Å². The Balaban J connectivity index is 1.51. The molecule has 146 valence electrons. The minimum Gasteiger partial charge on any atom is -0.396 e. The zero-order valence-electron chi connectivity index (χ0n) is 15.7. The Morgan fingerprint density at radius 3 is 2.61 bits per heavy atom. The van der Waals surface area contributed by atoms with Gasteiger partial charge in [0.1, 0.15) is 0 Å². The number of carbonyl (C=O) groups excluding carboxylic acids is 1. The first-order chi connectivity index (χ1) is 13.7. The fraction of sp³-hybridized carbons (Fsp3) is 0.455. The third-order valence-corrected chi connectivity index (χ3v) is 6.54. The number of likely N-dealkylation sites (tertiary alicyclic amines) is 1. The van der Waals surface area contributed by atoms with Gasteiger partial charge in [-0.2, -0.15) is 0 Å². The Labute approximate surface area is 163 Å². The number of rotatable bonds is 5. The first kappa shape index (κ1) is 17.6. The second-order valence-electron chi connectivity index (χ2n) is 8.29. The van der Waals surface area contributed by atoms with Crippen molar-refractivity contribution >= 4 is 11.6 Å². The lowest BCUT2D eigenvalue weighted by Gasteiger charge is -2.30. The smallest absolute Gasteiger partial charge is 0.250 e. The van der Waals surface area contributed by atoms with E-state index in [2.05, 4.69) is 10.2 Å². The minimum absolute atomic E-state index is 0.000230. The minimum atomic E-state index is -0.384. The van der Waals surface area contributed by atoms with Gasteiger partial charge in [-0.1, -0.05) is 24.3 Å². The van der Waals surface area contributed by atoms with Crippen molar-refractivity contribution in [3.8, 4) is 0 Å². The number of aliphatic hydroxyl groups is 1. The number of para-hydroxylation sites is 1. The Bertz CT molecular complexity index is 938. The van der Waals surface area contributed by atoms with Crippen molar-refractivity contribution in [2.75, 3.05) is 18.5 Å². The van der Waals surface area contributed by atoms with Crippen LogP contribution in [0.15, 0.2) is 53.3 Å². The topological polar surface area (TPSA) is 74.6 Å². The van der Waals surface area contributed by atoms with Gasteiger partial charge in [0.2, 0.25) is 5.91 Å². The van der Waals surface area contributed by atoms with Gasteiger partial charge in [-0.05, 0) is 37.0 Å². The number of benzene rings is 1. The molecule has 0 unspecified atom stereocenters. The van der Waals surface area contributed by atoms with Gasteiger partial charge in [-0.15, -0.1) is 0 Å². The molecule has 1 aromatic heterocycles. The van der Waals surface area contributed by atoms with Gasteiger partial charge in [0.05, 0.1) is 12.1 Å². The van der Waals surface area contributed by atoms with Crippen LogP contribution in [0.5, 0.6) is 0 Å². The quantitative estimate of drug-likeness (QED) is 0.832. The van der Waals surface area contributed by atoms with Crippen LogP contribution in [0, 0.1) is 17.8 Å². The van der Waals surface area contributed by atoms with Crippen LogP contribution in [0.3, 0.4) is 0 Å². The van der Waals surface area contributed by atoms with Crippen LogP contribution >= 0.6 is 0 Å². The van der Waals surface area contributed by atoms with Crippen LogP contribution in [0.2, 0.25) is 0 Å². The van der Waals surface area contributed by atoms with E-state index in [1.807, 2.05) is 41.0 Å². The van der Waals surface area contributed by atoms with Crippen LogP contribution in [-0.4, -0.2) is 39.7 Å². The van der Waals surface area contributed by atoms with Crippen LogP contribution in [0.4, 0.5) is 5.69 Å². The summed E-state index contributed by atoms with van der Waals surface area (Å²) in [6.07, 6.45) is 2.37. The number of nitrogens with zero attached hydrogens (tertiary/aromatic N) is 2. The van der Waals surface area contributed by atoms with Crippen molar-refractivity contribution in [3.63, 3.8) is 0 Å². The van der Waals surface area contributed by atoms with Crippen molar-refractivity contribution in [1.82, 2.24) is 9.47 Å². The highest BCUT2D eigenvalue weighted by Gasteiger charge is 2.56. The SMILES string of the molecule is O=C(Nc1ccccc1)[C@H]1[C@H](CO)[C@H]2Cn3c(cccc3=O)[C@H]2N1CC1CC1. The second-order valence-corrected chi connectivity index (χ2v) is 8.29. The highest BCUT2D eigenvalue weighted by Crippen LogP contribution is 2.50. The summed E-state index contributed by atoms with van der Waals surface area (Å²) >= 11 is 0. The van der Waals surface area contributed by atoms with Gasteiger partial charge in [-0.25, -0.2) is 0 Å². The highest BCUT2D eigenvalue weighted by atomic mass is 16.3. The van der Waals surface area contributed by atoms with Gasteiger partial charge in [0, 0.05) is 49.0 Å². The van der Waals surface area contributed by atoms with E-state index in [0.29, 0.717) is 12.5 Å². The fourth-order valence-electron chi connectivity index (χ4n) is 5.10. The third-order valence-electron chi connectivity index (χ3n) is 6.54. The van der Waals surface area contributed by atoms with Gasteiger partial charge < -0.3 is 15.0 Å². The molecule has 2 aromatic rings. The Hall–Kier alpha value is -2.44. The molecule has 6 heteroatoms. The van der Waals surface area contributed by atoms with Gasteiger partial charge in [0.25, 0.3) is 5.56 Å². The molecule has 28 heavy (non-hydrogen) atoms. The largest absolute Gasteiger partial charge is 0.396 e. The van der Waals surface area contributed by atoms with E-state index < -0.39 is 0 Å². The summed E-state index contributed by atoms with van der Waals surface area (Å²) in [5.74, 6) is 0.428. The Morgan fingerprint density at radius 2 is 1.89 bits per heavy atom. The number of nitrogens with one attached hydrogen (secondary N) is 1. The molecule has 2 fully saturated rings. The van der Waals surface area contributed by atoms with E-state index in [0.717, 1.165) is 17.9 Å². The van der Waals surface area contributed by atoms with Gasteiger partial charge in [-0.3, -0.25) is 14.5 Å². The normalized spacial score (nSPS) is 28.8. The van der Waals surface area contributed by atoms with Crippen molar-refractivity contribution < 1.29 is 9.90 Å². The molecule has 1 aliphatic carbocycles. The lowest BCUT2D eigenvalue weighted by atomic mass is 9.88. The maximum atomic E-state index is 13.3. The molecule has 5 rings (SSSR count). The first-order valence-electron chi connectivity index (χ1n) is 10.1. The predicted octanol–water partition coefficient (Wildman–Crippen LogP) is 1.86. The summed E-state index contributed by atoms with van der Waals surface area (Å²) in [4.78, 5) is 27.9. The van der Waals surface area contributed by atoms with Gasteiger partial charge in [0.15, 0.2) is 0 Å². The predicted molar refractivity (Wildman–Crippen MR) is 106 cm³/mol.